The number of carbonyl (C=O) groups is 1. The maximum absolute atomic E-state index is 12.3. The predicted molar refractivity (Wildman–Crippen MR) is 91.4 cm³/mol. The van der Waals surface area contributed by atoms with Crippen LogP contribution in [0.1, 0.15) is 18.5 Å². The molecule has 0 saturated carbocycles. The topological polar surface area (TPSA) is 89.3 Å². The van der Waals surface area contributed by atoms with Gasteiger partial charge in [0.15, 0.2) is 0 Å². The molecule has 0 bridgehead atoms. The van der Waals surface area contributed by atoms with Crippen LogP contribution in [0.4, 0.5) is 5.95 Å². The van der Waals surface area contributed by atoms with Crippen molar-refractivity contribution in [3.63, 3.8) is 0 Å². The molecule has 9 heteroatoms. The van der Waals surface area contributed by atoms with E-state index in [1.165, 1.54) is 6.33 Å². The molecule has 0 aliphatic carbocycles. The monoisotopic (exact) mass is 345 g/mol. The minimum absolute atomic E-state index is 0.183. The molecule has 1 aliphatic rings. The zero-order valence-electron chi connectivity index (χ0n) is 14.6. The van der Waals surface area contributed by atoms with Crippen LogP contribution >= 0.6 is 0 Å². The Labute approximate surface area is 146 Å². The van der Waals surface area contributed by atoms with Crippen molar-refractivity contribution in [3.05, 3.63) is 24.4 Å². The molecule has 0 N–H and O–H groups in total. The van der Waals surface area contributed by atoms with Crippen LogP contribution in [0, 0.1) is 6.92 Å². The Morgan fingerprint density at radius 1 is 1.24 bits per heavy atom. The normalized spacial score (nSPS) is 14.6. The van der Waals surface area contributed by atoms with E-state index in [4.69, 9.17) is 4.74 Å². The van der Waals surface area contributed by atoms with E-state index >= 15 is 0 Å². The lowest BCUT2D eigenvalue weighted by Gasteiger charge is -2.35. The third kappa shape index (κ3) is 4.43. The van der Waals surface area contributed by atoms with Crippen molar-refractivity contribution in [3.8, 4) is 5.88 Å². The van der Waals surface area contributed by atoms with Crippen LogP contribution in [0.5, 0.6) is 5.88 Å². The molecule has 1 amide bonds. The number of ether oxygens (including phenoxy) is 1. The molecule has 3 heterocycles. The maximum Gasteiger partial charge on any atom is 0.228 e. The molecule has 0 spiro atoms. The van der Waals surface area contributed by atoms with Gasteiger partial charge in [-0.25, -0.2) is 9.97 Å². The van der Waals surface area contributed by atoms with Crippen LogP contribution in [0.15, 0.2) is 18.7 Å². The number of amides is 1. The zero-order chi connectivity index (χ0) is 17.6. The first kappa shape index (κ1) is 17.1. The number of piperazine rings is 1. The summed E-state index contributed by atoms with van der Waals surface area (Å²) in [4.78, 5) is 29.1. The summed E-state index contributed by atoms with van der Waals surface area (Å²) in [6, 6.07) is 1.80. The van der Waals surface area contributed by atoms with Gasteiger partial charge in [-0.2, -0.15) is 10.1 Å². The first-order chi connectivity index (χ1) is 12.2. The van der Waals surface area contributed by atoms with Crippen LogP contribution in [-0.4, -0.2) is 68.8 Å². The van der Waals surface area contributed by atoms with Crippen LogP contribution in [-0.2, 0) is 11.3 Å². The lowest BCUT2D eigenvalue weighted by Crippen LogP contribution is -2.49. The fourth-order valence-electron chi connectivity index (χ4n) is 2.82. The molecule has 2 aromatic heterocycles. The van der Waals surface area contributed by atoms with Crippen molar-refractivity contribution in [2.45, 2.75) is 26.3 Å². The first-order valence-electron chi connectivity index (χ1n) is 8.40. The van der Waals surface area contributed by atoms with Gasteiger partial charge in [0.25, 0.3) is 0 Å². The summed E-state index contributed by atoms with van der Waals surface area (Å²) in [6.45, 7) is 5.44. The number of aryl methyl sites for hydroxylation is 2. The number of aromatic nitrogens is 5. The first-order valence-corrected chi connectivity index (χ1v) is 8.40. The second kappa shape index (κ2) is 7.91. The fraction of sp³-hybridized carbons (Fsp3) is 0.562. The summed E-state index contributed by atoms with van der Waals surface area (Å²) < 4.78 is 6.95. The number of methoxy groups -OCH3 is 1. The van der Waals surface area contributed by atoms with E-state index in [0.717, 1.165) is 25.2 Å². The summed E-state index contributed by atoms with van der Waals surface area (Å²) in [6.07, 6.45) is 4.46. The lowest BCUT2D eigenvalue weighted by atomic mass is 10.2. The van der Waals surface area contributed by atoms with Crippen molar-refractivity contribution in [1.82, 2.24) is 29.6 Å². The van der Waals surface area contributed by atoms with Gasteiger partial charge >= 0.3 is 0 Å². The highest BCUT2D eigenvalue weighted by atomic mass is 16.5. The molecule has 1 aliphatic heterocycles. The van der Waals surface area contributed by atoms with Crippen molar-refractivity contribution in [2.24, 2.45) is 0 Å². The van der Waals surface area contributed by atoms with Gasteiger partial charge in [-0.1, -0.05) is 0 Å². The van der Waals surface area contributed by atoms with E-state index in [-0.39, 0.29) is 5.91 Å². The van der Waals surface area contributed by atoms with Gasteiger partial charge in [0, 0.05) is 50.9 Å². The van der Waals surface area contributed by atoms with E-state index in [9.17, 15) is 4.79 Å². The molecular weight excluding hydrogens is 322 g/mol. The molecule has 1 fully saturated rings. The largest absolute Gasteiger partial charge is 0.481 e. The Morgan fingerprint density at radius 2 is 2.04 bits per heavy atom. The smallest absolute Gasteiger partial charge is 0.228 e. The number of nitrogens with zero attached hydrogens (tertiary/aromatic N) is 7. The van der Waals surface area contributed by atoms with Crippen LogP contribution < -0.4 is 9.64 Å². The molecule has 0 atom stereocenters. The molecular formula is C16H23N7O2. The minimum Gasteiger partial charge on any atom is -0.481 e. The second-order valence-corrected chi connectivity index (χ2v) is 5.98. The predicted octanol–water partition coefficient (Wildman–Crippen LogP) is 0.514. The van der Waals surface area contributed by atoms with Crippen molar-refractivity contribution in [2.75, 3.05) is 38.2 Å². The molecule has 0 radical (unpaired) electrons. The number of carbonyl (C=O) groups excluding carboxylic acids is 1. The van der Waals surface area contributed by atoms with Gasteiger partial charge in [0.1, 0.15) is 12.7 Å². The molecule has 0 unspecified atom stereocenters. The highest BCUT2D eigenvalue weighted by Gasteiger charge is 2.22. The van der Waals surface area contributed by atoms with Gasteiger partial charge in [0.2, 0.25) is 17.7 Å². The number of rotatable bonds is 6. The maximum atomic E-state index is 12.3. The highest BCUT2D eigenvalue weighted by molar-refractivity contribution is 5.76. The van der Waals surface area contributed by atoms with Crippen LogP contribution in [0.2, 0.25) is 0 Å². The Bertz CT molecular complexity index is 697. The Morgan fingerprint density at radius 3 is 2.72 bits per heavy atom. The SMILES string of the molecule is COc1cc(C)nc(N2CCN(C(=O)CCCn3cncn3)CC2)n1. The summed E-state index contributed by atoms with van der Waals surface area (Å²) in [5, 5.41) is 4.04. The average molecular weight is 345 g/mol. The summed E-state index contributed by atoms with van der Waals surface area (Å²) in [5.41, 5.74) is 0.869. The molecule has 134 valence electrons. The molecule has 9 nitrogen and oxygen atoms in total. The lowest BCUT2D eigenvalue weighted by molar-refractivity contribution is -0.131. The highest BCUT2D eigenvalue weighted by Crippen LogP contribution is 2.17. The number of anilines is 1. The van der Waals surface area contributed by atoms with Crippen LogP contribution in [0.3, 0.4) is 0 Å². The van der Waals surface area contributed by atoms with E-state index in [1.807, 2.05) is 11.8 Å². The second-order valence-electron chi connectivity index (χ2n) is 5.98. The standard InChI is InChI=1S/C16H23N7O2/c1-13-10-14(25-2)20-16(19-13)22-8-6-21(7-9-22)15(24)4-3-5-23-12-17-11-18-23/h10-12H,3-9H2,1-2H3. The number of hydrogen-bond acceptors (Lipinski definition) is 7. The Balaban J connectivity index is 1.48. The third-order valence-corrected chi connectivity index (χ3v) is 4.19. The van der Waals surface area contributed by atoms with Gasteiger partial charge in [0.05, 0.1) is 7.11 Å². The van der Waals surface area contributed by atoms with Gasteiger partial charge in [-0.15, -0.1) is 0 Å². The Hall–Kier alpha value is -2.71. The molecule has 2 aromatic rings. The van der Waals surface area contributed by atoms with E-state index in [1.54, 1.807) is 24.2 Å². The van der Waals surface area contributed by atoms with E-state index < -0.39 is 0 Å². The third-order valence-electron chi connectivity index (χ3n) is 4.19. The Kier molecular flexibility index (Phi) is 5.42. The quantitative estimate of drug-likeness (QED) is 0.754. The van der Waals surface area contributed by atoms with Crippen LogP contribution in [0.25, 0.3) is 0 Å². The molecule has 0 aromatic carbocycles. The van der Waals surface area contributed by atoms with Gasteiger partial charge < -0.3 is 14.5 Å². The zero-order valence-corrected chi connectivity index (χ0v) is 14.6. The minimum atomic E-state index is 0.183. The van der Waals surface area contributed by atoms with Gasteiger partial charge in [-0.3, -0.25) is 9.48 Å². The fourth-order valence-corrected chi connectivity index (χ4v) is 2.82. The van der Waals surface area contributed by atoms with Crippen molar-refractivity contribution >= 4 is 11.9 Å². The molecule has 25 heavy (non-hydrogen) atoms. The van der Waals surface area contributed by atoms with E-state index in [2.05, 4.69) is 25.0 Å². The average Bonchev–Trinajstić information content (AvgIpc) is 3.14. The van der Waals surface area contributed by atoms with E-state index in [0.29, 0.717) is 37.9 Å². The summed E-state index contributed by atoms with van der Waals surface area (Å²) in [7, 11) is 1.60. The molecule has 1 saturated heterocycles. The summed E-state index contributed by atoms with van der Waals surface area (Å²) in [5.74, 6) is 1.41. The van der Waals surface area contributed by atoms with Gasteiger partial charge in [-0.05, 0) is 13.3 Å². The number of hydrogen-bond donors (Lipinski definition) is 0. The summed E-state index contributed by atoms with van der Waals surface area (Å²) >= 11 is 0. The van der Waals surface area contributed by atoms with Crippen molar-refractivity contribution < 1.29 is 9.53 Å². The molecule has 3 rings (SSSR count). The van der Waals surface area contributed by atoms with Crippen molar-refractivity contribution in [1.29, 1.82) is 0 Å².